The molecule has 24 heteroatoms. The number of carbonyl (C=O) groups is 2. The molecule has 0 unspecified atom stereocenters. The minimum atomic E-state index is -5.19. The maximum absolute atomic E-state index is 12.3. The molecule has 0 saturated carbocycles. The van der Waals surface area contributed by atoms with Crippen LogP contribution in [0.2, 0.25) is 0 Å². The predicted octanol–water partition coefficient (Wildman–Crippen LogP) is 0.0683. The zero-order valence-electron chi connectivity index (χ0n) is 26.9. The number of aliphatic hydroxyl groups is 1. The third kappa shape index (κ3) is 10.3. The number of rotatable bonds is 19. The lowest BCUT2D eigenvalue weighted by molar-refractivity contribution is -0.121. The summed E-state index contributed by atoms with van der Waals surface area (Å²) < 4.78 is 39.2. The van der Waals surface area contributed by atoms with Gasteiger partial charge in [0, 0.05) is 30.5 Å². The topological polar surface area (TPSA) is 315 Å². The van der Waals surface area contributed by atoms with E-state index in [0.717, 1.165) is 50.6 Å². The van der Waals surface area contributed by atoms with E-state index in [9.17, 15) is 33.6 Å². The minimum Gasteiger partial charge on any atom is -0.386 e. The molecule has 3 amide bonds. The van der Waals surface area contributed by atoms with E-state index < -0.39 is 46.8 Å². The van der Waals surface area contributed by atoms with Crippen LogP contribution in [0.3, 0.4) is 0 Å². The molecule has 3 aliphatic rings. The smallest absolute Gasteiger partial charge is 0.386 e. The van der Waals surface area contributed by atoms with Crippen LogP contribution in [0.4, 0.5) is 16.6 Å². The zero-order valence-corrected chi connectivity index (χ0v) is 29.5. The molecule has 0 aliphatic carbocycles. The molecule has 0 bridgehead atoms. The highest BCUT2D eigenvalue weighted by atomic mass is 32.2. The average Bonchev–Trinajstić information content (AvgIpc) is 3.77. The summed E-state index contributed by atoms with van der Waals surface area (Å²) in [4.78, 5) is 73.4. The van der Waals surface area contributed by atoms with Crippen molar-refractivity contribution in [1.29, 1.82) is 0 Å². The van der Waals surface area contributed by atoms with Crippen molar-refractivity contribution < 1.29 is 57.2 Å². The van der Waals surface area contributed by atoms with Crippen LogP contribution in [0.15, 0.2) is 6.33 Å². The van der Waals surface area contributed by atoms with Crippen LogP contribution in [-0.2, 0) is 27.7 Å². The van der Waals surface area contributed by atoms with Gasteiger partial charge in [-0.15, -0.1) is 0 Å². The molecule has 11 N–H and O–H groups in total. The molecule has 0 spiro atoms. The number of aromatic nitrogens is 4. The molecule has 3 aliphatic heterocycles. The van der Waals surface area contributed by atoms with Gasteiger partial charge in [-0.2, -0.15) is 11.8 Å². The summed E-state index contributed by atoms with van der Waals surface area (Å²) in [5.74, 6) is 1.07. The molecule has 2 aromatic rings. The number of hydrogen-bond donors (Lipinski definition) is 10. The van der Waals surface area contributed by atoms with Crippen molar-refractivity contribution in [3.8, 4) is 0 Å². The van der Waals surface area contributed by atoms with E-state index in [1.54, 1.807) is 0 Å². The average molecular weight is 768 g/mol. The van der Waals surface area contributed by atoms with Crippen LogP contribution in [0.1, 0.15) is 57.6 Å². The number of phosphoric ester groups is 2. The fraction of sp³-hybridized carbons (Fsp3) is 0.731. The Labute approximate surface area is 290 Å². The predicted molar refractivity (Wildman–Crippen MR) is 178 cm³/mol. The summed E-state index contributed by atoms with van der Waals surface area (Å²) in [5.41, 5.74) is 6.25. The van der Waals surface area contributed by atoms with Crippen molar-refractivity contribution in [2.45, 2.75) is 93.2 Å². The summed E-state index contributed by atoms with van der Waals surface area (Å²) in [6.07, 6.45) is 0.908. The second-order valence-electron chi connectivity index (χ2n) is 12.2. The summed E-state index contributed by atoms with van der Waals surface area (Å²) >= 11 is 1.86. The fourth-order valence-corrected chi connectivity index (χ4v) is 8.67. The number of nitrogen functional groups attached to an aromatic ring is 1. The quantitative estimate of drug-likeness (QED) is 0.0513. The van der Waals surface area contributed by atoms with Gasteiger partial charge in [-0.25, -0.2) is 28.9 Å². The molecule has 280 valence electrons. The molecule has 5 heterocycles. The molecule has 5 rings (SSSR count). The van der Waals surface area contributed by atoms with E-state index in [0.29, 0.717) is 31.2 Å². The number of unbranched alkanes of at least 4 members (excludes halogenated alkanes) is 4. The third-order valence-electron chi connectivity index (χ3n) is 8.52. The number of imidazole rings is 1. The van der Waals surface area contributed by atoms with Gasteiger partial charge in [0.25, 0.3) is 0 Å². The van der Waals surface area contributed by atoms with Crippen molar-refractivity contribution in [3.05, 3.63) is 6.33 Å². The van der Waals surface area contributed by atoms with Gasteiger partial charge in [0.05, 0.1) is 18.7 Å². The number of phosphoric acid groups is 2. The summed E-state index contributed by atoms with van der Waals surface area (Å²) in [6, 6.07) is 0.270. The first-order valence-corrected chi connectivity index (χ1v) is 20.3. The number of amides is 3. The summed E-state index contributed by atoms with van der Waals surface area (Å²) in [5, 5.41) is 23.5. The van der Waals surface area contributed by atoms with Crippen molar-refractivity contribution in [1.82, 2.24) is 35.5 Å². The molecule has 50 heavy (non-hydrogen) atoms. The number of nitrogens with two attached hydrogens (primary N) is 1. The third-order valence-corrected chi connectivity index (χ3v) is 11.0. The fourth-order valence-electron chi connectivity index (χ4n) is 6.21. The number of nitrogens with zero attached hydrogens (tertiary/aromatic N) is 4. The van der Waals surface area contributed by atoms with Crippen molar-refractivity contribution in [3.63, 3.8) is 0 Å². The maximum Gasteiger partial charge on any atom is 0.470 e. The number of nitrogens with one attached hydrogen (secondary N) is 4. The Kier molecular flexibility index (Phi) is 13.0. The largest absolute Gasteiger partial charge is 0.470 e. The van der Waals surface area contributed by atoms with Crippen molar-refractivity contribution >= 4 is 62.3 Å². The van der Waals surface area contributed by atoms with E-state index in [1.807, 2.05) is 11.8 Å². The Balaban J connectivity index is 1.06. The number of fused-ring (bicyclic) bond motifs is 2. The van der Waals surface area contributed by atoms with Crippen LogP contribution in [-0.4, -0.2) is 117 Å². The first-order valence-electron chi connectivity index (χ1n) is 16.2. The summed E-state index contributed by atoms with van der Waals surface area (Å²) in [6.45, 7) is 0.0944. The first-order chi connectivity index (χ1) is 23.7. The Morgan fingerprint density at radius 1 is 1.08 bits per heavy atom. The molecule has 21 nitrogen and oxygen atoms in total. The number of hydrogen-bond acceptors (Lipinski definition) is 14. The first kappa shape index (κ1) is 38.6. The van der Waals surface area contributed by atoms with Crippen LogP contribution >= 0.6 is 27.4 Å². The van der Waals surface area contributed by atoms with Gasteiger partial charge in [0.2, 0.25) is 11.9 Å². The van der Waals surface area contributed by atoms with Gasteiger partial charge in [-0.05, 0) is 25.7 Å². The van der Waals surface area contributed by atoms with Gasteiger partial charge in [0.1, 0.15) is 24.6 Å². The Morgan fingerprint density at radius 3 is 2.58 bits per heavy atom. The van der Waals surface area contributed by atoms with Crippen LogP contribution < -0.4 is 27.0 Å². The maximum atomic E-state index is 12.3. The number of urea groups is 1. The standard InChI is InChI=1S/C26H43N9O12P2S/c27-22-19-23(31-13-30-22)35(24-20(37)21(47-49(42,43)44)15(46-24)11-45-48(39,40)41)25(33-19)29-10-6-2-1-5-9-28-17(36)8-4-3-7-16-18-14(12-50-16)32-26(38)34-18/h13-16,18,20-21,24,37H,1-12H2,(H,28,36)(H,29,33)(H2,27,30,31)(H2,32,34,38)(H2,39,40,41)(H2,42,43,44)/t14-,15+,16-,18-,20+,21+,24+/m0/s1. The lowest BCUT2D eigenvalue weighted by atomic mass is 10.0. The zero-order chi connectivity index (χ0) is 36.1. The van der Waals surface area contributed by atoms with E-state index in [-0.39, 0.29) is 47.0 Å². The molecule has 7 atom stereocenters. The molecular formula is C26H43N9O12P2S. The van der Waals surface area contributed by atoms with E-state index in [4.69, 9.17) is 24.8 Å². The monoisotopic (exact) mass is 767 g/mol. The Morgan fingerprint density at radius 2 is 1.84 bits per heavy atom. The highest BCUT2D eigenvalue weighted by Crippen LogP contribution is 2.46. The Bertz CT molecular complexity index is 1590. The van der Waals surface area contributed by atoms with Crippen molar-refractivity contribution in [2.75, 3.05) is 36.5 Å². The van der Waals surface area contributed by atoms with Crippen LogP contribution in [0, 0.1) is 0 Å². The number of aliphatic hydroxyl groups excluding tert-OH is 1. The van der Waals surface area contributed by atoms with E-state index >= 15 is 0 Å². The molecular weight excluding hydrogens is 724 g/mol. The van der Waals surface area contributed by atoms with Gasteiger partial charge < -0.3 is 56.4 Å². The Hall–Kier alpha value is -2.62. The number of anilines is 2. The molecule has 3 saturated heterocycles. The number of carbonyl (C=O) groups excluding carboxylic acids is 2. The highest BCUT2D eigenvalue weighted by Gasteiger charge is 2.50. The second-order valence-corrected chi connectivity index (χ2v) is 15.9. The van der Waals surface area contributed by atoms with Gasteiger partial charge in [-0.1, -0.05) is 19.3 Å². The summed E-state index contributed by atoms with van der Waals surface area (Å²) in [7, 11) is -10.2. The van der Waals surface area contributed by atoms with Gasteiger partial charge in [-0.3, -0.25) is 18.4 Å². The van der Waals surface area contributed by atoms with Gasteiger partial charge >= 0.3 is 21.7 Å². The SMILES string of the molecule is Nc1ncnc2c1nc(NCCCCCCNC(=O)CCCC[C@@H]1SC[C@@H]3NC(=O)N[C@@H]31)n2[C@@H]1O[C@H](COP(=O)(O)O)[C@@H](OP(=O)(O)O)[C@H]1O. The van der Waals surface area contributed by atoms with E-state index in [2.05, 4.69) is 40.7 Å². The van der Waals surface area contributed by atoms with Crippen LogP contribution in [0.5, 0.6) is 0 Å². The number of thioether (sulfide) groups is 1. The molecule has 0 radical (unpaired) electrons. The molecule has 2 aromatic heterocycles. The lowest BCUT2D eigenvalue weighted by Crippen LogP contribution is -2.36. The van der Waals surface area contributed by atoms with Crippen LogP contribution in [0.25, 0.3) is 11.2 Å². The lowest BCUT2D eigenvalue weighted by Gasteiger charge is -2.21. The van der Waals surface area contributed by atoms with Crippen molar-refractivity contribution in [2.24, 2.45) is 0 Å². The van der Waals surface area contributed by atoms with Gasteiger partial charge in [0.15, 0.2) is 23.2 Å². The van der Waals surface area contributed by atoms with E-state index in [1.165, 1.54) is 4.57 Å². The highest BCUT2D eigenvalue weighted by molar-refractivity contribution is 8.00. The normalized spacial score (nSPS) is 26.6. The second kappa shape index (κ2) is 16.8. The minimum absolute atomic E-state index is 0.0123. The number of ether oxygens (including phenoxy) is 1. The molecule has 0 aromatic carbocycles. The molecule has 3 fully saturated rings.